The number of nitrogens with zero attached hydrogens (tertiary/aromatic N) is 4. The molecule has 1 atom stereocenters. The van der Waals surface area contributed by atoms with Crippen molar-refractivity contribution in [2.75, 3.05) is 44.3 Å². The molecule has 1 aromatic carbocycles. The Morgan fingerprint density at radius 1 is 1.08 bits per heavy atom. The third kappa shape index (κ3) is 3.80. The average molecular weight is 342 g/mol. The lowest BCUT2D eigenvalue weighted by Gasteiger charge is -2.31. The molecule has 1 spiro atoms. The van der Waals surface area contributed by atoms with Gasteiger partial charge in [-0.2, -0.15) is 0 Å². The van der Waals surface area contributed by atoms with Gasteiger partial charge in [-0.1, -0.05) is 12.1 Å². The van der Waals surface area contributed by atoms with Gasteiger partial charge >= 0.3 is 0 Å². The summed E-state index contributed by atoms with van der Waals surface area (Å²) in [6.07, 6.45) is 4.65. The third-order valence-corrected chi connectivity index (χ3v) is 5.11. The van der Waals surface area contributed by atoms with E-state index in [1.165, 1.54) is 12.1 Å². The Morgan fingerprint density at radius 2 is 1.88 bits per heavy atom. The molecule has 0 bridgehead atoms. The fourth-order valence-corrected chi connectivity index (χ4v) is 3.87. The van der Waals surface area contributed by atoms with Gasteiger partial charge in [0.2, 0.25) is 5.95 Å². The molecule has 6 heteroatoms. The lowest BCUT2D eigenvalue weighted by molar-refractivity contribution is 0.0798. The maximum Gasteiger partial charge on any atom is 0.225 e. The molecule has 0 saturated carbocycles. The van der Waals surface area contributed by atoms with Crippen molar-refractivity contribution in [1.82, 2.24) is 14.9 Å². The summed E-state index contributed by atoms with van der Waals surface area (Å²) < 4.78 is 19.1. The molecule has 1 unspecified atom stereocenters. The largest absolute Gasteiger partial charge is 0.379 e. The van der Waals surface area contributed by atoms with Gasteiger partial charge in [0.15, 0.2) is 0 Å². The summed E-state index contributed by atoms with van der Waals surface area (Å²) in [4.78, 5) is 13.4. The highest BCUT2D eigenvalue weighted by Gasteiger charge is 2.41. The highest BCUT2D eigenvalue weighted by Crippen LogP contribution is 2.35. The van der Waals surface area contributed by atoms with Crippen LogP contribution in [0.15, 0.2) is 42.7 Å². The van der Waals surface area contributed by atoms with Crippen molar-refractivity contribution in [3.05, 3.63) is 54.1 Å². The smallest absolute Gasteiger partial charge is 0.225 e. The van der Waals surface area contributed by atoms with Crippen molar-refractivity contribution < 1.29 is 9.13 Å². The fraction of sp³-hybridized carbons (Fsp3) is 0.474. The first-order valence-electron chi connectivity index (χ1n) is 8.79. The lowest BCUT2D eigenvalue weighted by atomic mass is 9.87. The monoisotopic (exact) mass is 342 g/mol. The molecule has 0 radical (unpaired) electrons. The second-order valence-electron chi connectivity index (χ2n) is 7.11. The van der Waals surface area contributed by atoms with E-state index >= 15 is 0 Å². The van der Waals surface area contributed by atoms with Crippen LogP contribution in [0.3, 0.4) is 0 Å². The molecule has 5 nitrogen and oxygen atoms in total. The van der Waals surface area contributed by atoms with Crippen LogP contribution in [0.4, 0.5) is 10.3 Å². The molecule has 2 saturated heterocycles. The van der Waals surface area contributed by atoms with Gasteiger partial charge in [-0.05, 0) is 30.2 Å². The van der Waals surface area contributed by atoms with E-state index in [0.29, 0.717) is 0 Å². The van der Waals surface area contributed by atoms with Crippen LogP contribution in [0.25, 0.3) is 0 Å². The van der Waals surface area contributed by atoms with Crippen molar-refractivity contribution in [2.45, 2.75) is 13.0 Å². The maximum atomic E-state index is 13.1. The molecule has 132 valence electrons. The molecule has 2 aromatic rings. The van der Waals surface area contributed by atoms with Gasteiger partial charge < -0.3 is 9.64 Å². The van der Waals surface area contributed by atoms with E-state index < -0.39 is 0 Å². The summed E-state index contributed by atoms with van der Waals surface area (Å²) in [6.45, 7) is 6.09. The minimum absolute atomic E-state index is 0.107. The molecule has 0 N–H and O–H groups in total. The normalized spacial score (nSPS) is 24.6. The first kappa shape index (κ1) is 16.4. The van der Waals surface area contributed by atoms with E-state index in [-0.39, 0.29) is 11.2 Å². The number of hydrogen-bond acceptors (Lipinski definition) is 5. The first-order chi connectivity index (χ1) is 12.2. The van der Waals surface area contributed by atoms with Gasteiger partial charge in [-0.3, -0.25) is 4.90 Å². The first-order valence-corrected chi connectivity index (χ1v) is 8.79. The van der Waals surface area contributed by atoms with E-state index in [0.717, 1.165) is 63.9 Å². The summed E-state index contributed by atoms with van der Waals surface area (Å²) in [5.41, 5.74) is 1.25. The van der Waals surface area contributed by atoms with Crippen molar-refractivity contribution in [2.24, 2.45) is 5.41 Å². The van der Waals surface area contributed by atoms with Gasteiger partial charge in [0.05, 0.1) is 13.2 Å². The van der Waals surface area contributed by atoms with Crippen molar-refractivity contribution in [3.63, 3.8) is 0 Å². The molecule has 0 aliphatic carbocycles. The number of benzene rings is 1. The second-order valence-corrected chi connectivity index (χ2v) is 7.11. The molecule has 0 amide bonds. The van der Waals surface area contributed by atoms with Crippen LogP contribution in [-0.4, -0.2) is 54.3 Å². The summed E-state index contributed by atoms with van der Waals surface area (Å²) in [5, 5.41) is 0. The van der Waals surface area contributed by atoms with E-state index in [4.69, 9.17) is 4.74 Å². The number of ether oxygens (including phenoxy) is 1. The fourth-order valence-electron chi connectivity index (χ4n) is 3.87. The molecule has 2 aliphatic heterocycles. The zero-order valence-electron chi connectivity index (χ0n) is 14.3. The average Bonchev–Trinajstić information content (AvgIpc) is 2.94. The molecular formula is C19H23FN4O. The van der Waals surface area contributed by atoms with E-state index in [2.05, 4.69) is 19.8 Å². The van der Waals surface area contributed by atoms with Gasteiger partial charge in [-0.25, -0.2) is 14.4 Å². The Bertz CT molecular complexity index is 696. The maximum absolute atomic E-state index is 13.1. The van der Waals surface area contributed by atoms with Crippen LogP contribution in [0, 0.1) is 11.2 Å². The molecule has 1 aromatic heterocycles. The molecule has 2 fully saturated rings. The molecular weight excluding hydrogens is 319 g/mol. The Balaban J connectivity index is 1.45. The number of rotatable bonds is 3. The molecule has 3 heterocycles. The zero-order valence-corrected chi connectivity index (χ0v) is 14.3. The third-order valence-electron chi connectivity index (χ3n) is 5.11. The van der Waals surface area contributed by atoms with E-state index in [1.54, 1.807) is 12.4 Å². The lowest BCUT2D eigenvalue weighted by Crippen LogP contribution is -2.40. The van der Waals surface area contributed by atoms with Crippen LogP contribution < -0.4 is 4.90 Å². The minimum atomic E-state index is -0.186. The van der Waals surface area contributed by atoms with Crippen LogP contribution >= 0.6 is 0 Å². The predicted molar refractivity (Wildman–Crippen MR) is 93.8 cm³/mol. The molecule has 4 rings (SSSR count). The van der Waals surface area contributed by atoms with E-state index in [9.17, 15) is 4.39 Å². The highest BCUT2D eigenvalue weighted by molar-refractivity contribution is 5.32. The Kier molecular flexibility index (Phi) is 4.63. The number of hydrogen-bond donors (Lipinski definition) is 0. The topological polar surface area (TPSA) is 41.5 Å². The van der Waals surface area contributed by atoms with Crippen LogP contribution in [0.1, 0.15) is 12.0 Å². The molecule has 2 aliphatic rings. The summed E-state index contributed by atoms with van der Waals surface area (Å²) in [7, 11) is 0. The molecule has 25 heavy (non-hydrogen) atoms. The van der Waals surface area contributed by atoms with Crippen LogP contribution in [0.5, 0.6) is 0 Å². The van der Waals surface area contributed by atoms with Crippen LogP contribution in [-0.2, 0) is 11.3 Å². The number of anilines is 1. The Morgan fingerprint density at radius 3 is 2.68 bits per heavy atom. The second kappa shape index (κ2) is 7.06. The Hall–Kier alpha value is -2.05. The van der Waals surface area contributed by atoms with Gasteiger partial charge in [0, 0.05) is 50.5 Å². The van der Waals surface area contributed by atoms with Gasteiger partial charge in [0.25, 0.3) is 0 Å². The summed E-state index contributed by atoms with van der Waals surface area (Å²) in [6, 6.07) is 8.64. The van der Waals surface area contributed by atoms with Gasteiger partial charge in [0.1, 0.15) is 5.82 Å². The summed E-state index contributed by atoms with van der Waals surface area (Å²) in [5.74, 6) is 0.613. The predicted octanol–water partition coefficient (Wildman–Crippen LogP) is 2.34. The summed E-state index contributed by atoms with van der Waals surface area (Å²) >= 11 is 0. The van der Waals surface area contributed by atoms with Gasteiger partial charge in [-0.15, -0.1) is 0 Å². The minimum Gasteiger partial charge on any atom is -0.379 e. The number of aromatic nitrogens is 2. The van der Waals surface area contributed by atoms with Crippen molar-refractivity contribution in [1.29, 1.82) is 0 Å². The highest BCUT2D eigenvalue weighted by atomic mass is 19.1. The van der Waals surface area contributed by atoms with Crippen molar-refractivity contribution >= 4 is 5.95 Å². The van der Waals surface area contributed by atoms with Crippen LogP contribution in [0.2, 0.25) is 0 Å². The Labute approximate surface area is 147 Å². The quantitative estimate of drug-likeness (QED) is 0.856. The van der Waals surface area contributed by atoms with Crippen molar-refractivity contribution in [3.8, 4) is 0 Å². The standard InChI is InChI=1S/C19H23FN4O/c20-17-4-2-16(3-5-17)12-23-10-11-25-15-19(13-23)6-9-24(14-19)18-21-7-1-8-22-18/h1-5,7-8H,6,9-15H2. The SMILES string of the molecule is Fc1ccc(CN2CCOCC3(CCN(c4ncccn4)C3)C2)cc1. The number of halogens is 1. The zero-order chi connectivity index (χ0) is 17.1. The van der Waals surface area contributed by atoms with E-state index in [1.807, 2.05) is 18.2 Å².